The maximum Gasteiger partial charge on any atom is 0.181 e. The number of ether oxygens (including phenoxy) is 1. The minimum absolute atomic E-state index is 0.213. The topological polar surface area (TPSA) is 46.7 Å². The molecule has 0 amide bonds. The summed E-state index contributed by atoms with van der Waals surface area (Å²) in [6.45, 7) is 1.95. The van der Waals surface area contributed by atoms with Gasteiger partial charge < -0.3 is 4.74 Å². The maximum atomic E-state index is 12.3. The second-order valence-electron chi connectivity index (χ2n) is 4.66. The van der Waals surface area contributed by atoms with Gasteiger partial charge in [-0.1, -0.05) is 17.7 Å². The molecule has 0 spiro atoms. The SMILES string of the molecule is Cc1ccc(S(=O)(=O)C2CC3OC3C2)cc1. The van der Waals surface area contributed by atoms with Gasteiger partial charge in [0.1, 0.15) is 0 Å². The van der Waals surface area contributed by atoms with Crippen molar-refractivity contribution in [1.29, 1.82) is 0 Å². The van der Waals surface area contributed by atoms with Crippen LogP contribution in [0.15, 0.2) is 29.2 Å². The van der Waals surface area contributed by atoms with E-state index in [1.54, 1.807) is 12.1 Å². The zero-order valence-corrected chi connectivity index (χ0v) is 9.91. The van der Waals surface area contributed by atoms with E-state index in [1.165, 1.54) is 0 Å². The van der Waals surface area contributed by atoms with Gasteiger partial charge in [-0.25, -0.2) is 8.42 Å². The van der Waals surface area contributed by atoms with Crippen molar-refractivity contribution in [2.45, 2.75) is 42.1 Å². The van der Waals surface area contributed by atoms with Crippen LogP contribution >= 0.6 is 0 Å². The van der Waals surface area contributed by atoms with Crippen molar-refractivity contribution in [2.24, 2.45) is 0 Å². The van der Waals surface area contributed by atoms with Crippen LogP contribution in [0.25, 0.3) is 0 Å². The lowest BCUT2D eigenvalue weighted by Crippen LogP contribution is -2.20. The Kier molecular flexibility index (Phi) is 2.13. The highest BCUT2D eigenvalue weighted by Gasteiger charge is 2.52. The summed E-state index contributed by atoms with van der Waals surface area (Å²) >= 11 is 0. The molecular weight excluding hydrogens is 224 g/mol. The Labute approximate surface area is 95.3 Å². The number of aryl methyl sites for hydroxylation is 1. The molecule has 3 rings (SSSR count). The molecule has 1 saturated heterocycles. The quantitative estimate of drug-likeness (QED) is 0.737. The third-order valence-corrected chi connectivity index (χ3v) is 5.66. The molecule has 2 atom stereocenters. The molecule has 0 N–H and O–H groups in total. The smallest absolute Gasteiger partial charge is 0.181 e. The lowest BCUT2D eigenvalue weighted by molar-refractivity contribution is 0.322. The van der Waals surface area contributed by atoms with Gasteiger partial charge in [-0.05, 0) is 31.9 Å². The third kappa shape index (κ3) is 1.57. The van der Waals surface area contributed by atoms with Crippen molar-refractivity contribution >= 4 is 9.84 Å². The minimum atomic E-state index is -3.14. The molecule has 1 aliphatic heterocycles. The summed E-state index contributed by atoms with van der Waals surface area (Å²) in [6, 6.07) is 7.10. The van der Waals surface area contributed by atoms with Gasteiger partial charge in [0.05, 0.1) is 22.4 Å². The van der Waals surface area contributed by atoms with E-state index in [-0.39, 0.29) is 17.5 Å². The van der Waals surface area contributed by atoms with Crippen molar-refractivity contribution in [3.05, 3.63) is 29.8 Å². The predicted octanol–water partition coefficient (Wildman–Crippen LogP) is 1.70. The van der Waals surface area contributed by atoms with Crippen molar-refractivity contribution in [1.82, 2.24) is 0 Å². The van der Waals surface area contributed by atoms with Crippen LogP contribution in [-0.4, -0.2) is 25.9 Å². The van der Waals surface area contributed by atoms with E-state index >= 15 is 0 Å². The lowest BCUT2D eigenvalue weighted by atomic mass is 10.2. The highest BCUT2D eigenvalue weighted by molar-refractivity contribution is 7.92. The Morgan fingerprint density at radius 1 is 1.12 bits per heavy atom. The van der Waals surface area contributed by atoms with Crippen molar-refractivity contribution < 1.29 is 13.2 Å². The molecule has 0 bridgehead atoms. The zero-order chi connectivity index (χ0) is 11.3. The highest BCUT2D eigenvalue weighted by atomic mass is 32.2. The first-order valence-corrected chi connectivity index (χ1v) is 7.08. The third-order valence-electron chi connectivity index (χ3n) is 3.47. The van der Waals surface area contributed by atoms with E-state index in [1.807, 2.05) is 19.1 Å². The molecule has 2 unspecified atom stereocenters. The van der Waals surface area contributed by atoms with Crippen LogP contribution in [0.3, 0.4) is 0 Å². The summed E-state index contributed by atoms with van der Waals surface area (Å²) in [5.41, 5.74) is 1.08. The molecule has 3 nitrogen and oxygen atoms in total. The molecule has 1 saturated carbocycles. The molecule has 4 heteroatoms. The Hall–Kier alpha value is -0.870. The molecule has 86 valence electrons. The maximum absolute atomic E-state index is 12.3. The van der Waals surface area contributed by atoms with Gasteiger partial charge in [-0.15, -0.1) is 0 Å². The Morgan fingerprint density at radius 2 is 1.69 bits per heavy atom. The standard InChI is InChI=1S/C12H14O3S/c1-8-2-4-9(5-3-8)16(13,14)10-6-11-12(7-10)15-11/h2-5,10-12H,6-7H2,1H3. The Morgan fingerprint density at radius 3 is 2.25 bits per heavy atom. The van der Waals surface area contributed by atoms with Crippen molar-refractivity contribution in [2.75, 3.05) is 0 Å². The number of hydrogen-bond acceptors (Lipinski definition) is 3. The van der Waals surface area contributed by atoms with Gasteiger partial charge in [0.2, 0.25) is 0 Å². The van der Waals surface area contributed by atoms with Gasteiger partial charge in [0.15, 0.2) is 9.84 Å². The normalized spacial score (nSPS) is 32.4. The van der Waals surface area contributed by atoms with Gasteiger partial charge >= 0.3 is 0 Å². The molecular formula is C12H14O3S. The monoisotopic (exact) mass is 238 g/mol. The van der Waals surface area contributed by atoms with Crippen LogP contribution in [0.1, 0.15) is 18.4 Å². The predicted molar refractivity (Wildman–Crippen MR) is 60.0 cm³/mol. The number of epoxide rings is 1. The zero-order valence-electron chi connectivity index (χ0n) is 9.09. The van der Waals surface area contributed by atoms with Crippen LogP contribution in [0.5, 0.6) is 0 Å². The number of sulfone groups is 1. The summed E-state index contributed by atoms with van der Waals surface area (Å²) < 4.78 is 29.8. The van der Waals surface area contributed by atoms with Crippen LogP contribution in [0.2, 0.25) is 0 Å². The van der Waals surface area contributed by atoms with Gasteiger partial charge in [0.25, 0.3) is 0 Å². The number of benzene rings is 1. The van der Waals surface area contributed by atoms with Crippen LogP contribution < -0.4 is 0 Å². The van der Waals surface area contributed by atoms with E-state index in [0.717, 1.165) is 5.56 Å². The summed E-state index contributed by atoms with van der Waals surface area (Å²) in [5.74, 6) is 0. The largest absolute Gasteiger partial charge is 0.369 e. The minimum Gasteiger partial charge on any atom is -0.369 e. The van der Waals surface area contributed by atoms with E-state index in [4.69, 9.17) is 4.74 Å². The fourth-order valence-corrected chi connectivity index (χ4v) is 4.17. The van der Waals surface area contributed by atoms with E-state index < -0.39 is 9.84 Å². The fraction of sp³-hybridized carbons (Fsp3) is 0.500. The van der Waals surface area contributed by atoms with Gasteiger partial charge in [0, 0.05) is 0 Å². The molecule has 2 fully saturated rings. The average molecular weight is 238 g/mol. The van der Waals surface area contributed by atoms with Crippen LogP contribution in [-0.2, 0) is 14.6 Å². The molecule has 0 aromatic heterocycles. The first-order valence-electron chi connectivity index (χ1n) is 5.53. The second-order valence-corrected chi connectivity index (χ2v) is 6.89. The second kappa shape index (κ2) is 3.31. The van der Waals surface area contributed by atoms with E-state index in [9.17, 15) is 8.42 Å². The lowest BCUT2D eigenvalue weighted by Gasteiger charge is -2.12. The van der Waals surface area contributed by atoms with Crippen molar-refractivity contribution in [3.8, 4) is 0 Å². The highest BCUT2D eigenvalue weighted by Crippen LogP contribution is 2.42. The van der Waals surface area contributed by atoms with Gasteiger partial charge in [-0.2, -0.15) is 0 Å². The number of rotatable bonds is 2. The Balaban J connectivity index is 1.89. The number of hydrogen-bond donors (Lipinski definition) is 0. The summed E-state index contributed by atoms with van der Waals surface area (Å²) in [5, 5.41) is -0.237. The van der Waals surface area contributed by atoms with Crippen molar-refractivity contribution in [3.63, 3.8) is 0 Å². The fourth-order valence-electron chi connectivity index (χ4n) is 2.38. The molecule has 1 aromatic carbocycles. The summed E-state index contributed by atoms with van der Waals surface area (Å²) in [7, 11) is -3.14. The summed E-state index contributed by atoms with van der Waals surface area (Å²) in [4.78, 5) is 0.449. The first-order chi connectivity index (χ1) is 7.57. The molecule has 0 radical (unpaired) electrons. The Bertz CT molecular complexity index is 494. The molecule has 16 heavy (non-hydrogen) atoms. The van der Waals surface area contributed by atoms with E-state index in [2.05, 4.69) is 0 Å². The number of fused-ring (bicyclic) bond motifs is 1. The van der Waals surface area contributed by atoms with Gasteiger partial charge in [-0.3, -0.25) is 0 Å². The molecule has 1 aliphatic carbocycles. The summed E-state index contributed by atoms with van der Waals surface area (Å²) in [6.07, 6.45) is 1.76. The van der Waals surface area contributed by atoms with E-state index in [0.29, 0.717) is 17.7 Å². The van der Waals surface area contributed by atoms with Crippen LogP contribution in [0, 0.1) is 6.92 Å². The van der Waals surface area contributed by atoms with Crippen LogP contribution in [0.4, 0.5) is 0 Å². The average Bonchev–Trinajstić information content (AvgIpc) is 2.86. The molecule has 1 heterocycles. The molecule has 1 aromatic rings. The first kappa shape index (κ1) is 10.3. The molecule has 2 aliphatic rings.